The standard InChI is InChI=1S/C18H22FN3O/c1-13(2)17-11-14(12-20-17)18(23)22-9-7-21(8-10-22)16-5-3-15(19)4-6-16/h3-6,11,13H,7-10,12H2,1-2H3. The summed E-state index contributed by atoms with van der Waals surface area (Å²) in [5, 5.41) is 0. The summed E-state index contributed by atoms with van der Waals surface area (Å²) in [6.07, 6.45) is 1.94. The fourth-order valence-corrected chi connectivity index (χ4v) is 2.95. The van der Waals surface area contributed by atoms with E-state index in [4.69, 9.17) is 0 Å². The molecule has 0 N–H and O–H groups in total. The van der Waals surface area contributed by atoms with Gasteiger partial charge in [-0.3, -0.25) is 9.79 Å². The molecule has 0 aliphatic carbocycles. The number of anilines is 1. The van der Waals surface area contributed by atoms with Crippen molar-refractivity contribution in [1.29, 1.82) is 0 Å². The molecule has 23 heavy (non-hydrogen) atoms. The summed E-state index contributed by atoms with van der Waals surface area (Å²) >= 11 is 0. The molecule has 3 rings (SSSR count). The highest BCUT2D eigenvalue weighted by molar-refractivity contribution is 6.07. The van der Waals surface area contributed by atoms with Crippen LogP contribution < -0.4 is 4.90 Å². The first-order chi connectivity index (χ1) is 11.0. The van der Waals surface area contributed by atoms with Gasteiger partial charge in [0.25, 0.3) is 5.91 Å². The Hall–Kier alpha value is -2.17. The maximum Gasteiger partial charge on any atom is 0.251 e. The van der Waals surface area contributed by atoms with Crippen molar-refractivity contribution in [3.63, 3.8) is 0 Å². The first-order valence-corrected chi connectivity index (χ1v) is 8.09. The summed E-state index contributed by atoms with van der Waals surface area (Å²) in [6, 6.07) is 6.52. The highest BCUT2D eigenvalue weighted by Crippen LogP contribution is 2.19. The Balaban J connectivity index is 1.58. The molecule has 1 saturated heterocycles. The largest absolute Gasteiger partial charge is 0.368 e. The zero-order chi connectivity index (χ0) is 16.4. The van der Waals surface area contributed by atoms with Crippen molar-refractivity contribution in [1.82, 2.24) is 4.90 Å². The van der Waals surface area contributed by atoms with Gasteiger partial charge in [-0.2, -0.15) is 0 Å². The van der Waals surface area contributed by atoms with E-state index in [-0.39, 0.29) is 11.7 Å². The lowest BCUT2D eigenvalue weighted by molar-refractivity contribution is -0.127. The van der Waals surface area contributed by atoms with Gasteiger partial charge in [0.15, 0.2) is 0 Å². The van der Waals surface area contributed by atoms with Gasteiger partial charge in [0.05, 0.1) is 6.54 Å². The number of piperazine rings is 1. The van der Waals surface area contributed by atoms with Gasteiger partial charge in [-0.15, -0.1) is 0 Å². The molecular weight excluding hydrogens is 293 g/mol. The molecule has 0 radical (unpaired) electrons. The summed E-state index contributed by atoms with van der Waals surface area (Å²) in [5.74, 6) is 0.232. The van der Waals surface area contributed by atoms with Crippen molar-refractivity contribution < 1.29 is 9.18 Å². The summed E-state index contributed by atoms with van der Waals surface area (Å²) < 4.78 is 13.0. The molecule has 2 aliphatic heterocycles. The third-order valence-electron chi connectivity index (χ3n) is 4.38. The molecule has 2 heterocycles. The normalized spacial score (nSPS) is 18.3. The third kappa shape index (κ3) is 3.44. The number of hydrogen-bond donors (Lipinski definition) is 0. The smallest absolute Gasteiger partial charge is 0.251 e. The van der Waals surface area contributed by atoms with Gasteiger partial charge < -0.3 is 9.80 Å². The second kappa shape index (κ2) is 6.52. The molecule has 1 amide bonds. The van der Waals surface area contributed by atoms with Crippen LogP contribution in [0.4, 0.5) is 10.1 Å². The Morgan fingerprint density at radius 3 is 2.35 bits per heavy atom. The lowest BCUT2D eigenvalue weighted by Gasteiger charge is -2.36. The van der Waals surface area contributed by atoms with E-state index in [9.17, 15) is 9.18 Å². The topological polar surface area (TPSA) is 35.9 Å². The van der Waals surface area contributed by atoms with Crippen LogP contribution in [0, 0.1) is 11.7 Å². The Morgan fingerprint density at radius 1 is 1.13 bits per heavy atom. The van der Waals surface area contributed by atoms with Crippen LogP contribution in [0.3, 0.4) is 0 Å². The SMILES string of the molecule is CC(C)C1=NCC(C(=O)N2CCN(c3ccc(F)cc3)CC2)=C1. The van der Waals surface area contributed by atoms with Crippen molar-refractivity contribution in [3.8, 4) is 0 Å². The number of hydrogen-bond acceptors (Lipinski definition) is 3. The summed E-state index contributed by atoms with van der Waals surface area (Å²) in [6.45, 7) is 7.58. The molecular formula is C18H22FN3O. The highest BCUT2D eigenvalue weighted by atomic mass is 19.1. The van der Waals surface area contributed by atoms with Crippen LogP contribution in [0.2, 0.25) is 0 Å². The Kier molecular flexibility index (Phi) is 4.46. The number of amides is 1. The molecule has 2 aliphatic rings. The van der Waals surface area contributed by atoms with Crippen molar-refractivity contribution in [2.24, 2.45) is 10.9 Å². The van der Waals surface area contributed by atoms with Crippen LogP contribution in [0.1, 0.15) is 13.8 Å². The predicted molar refractivity (Wildman–Crippen MR) is 90.4 cm³/mol. The van der Waals surface area contributed by atoms with Crippen molar-refractivity contribution in [2.75, 3.05) is 37.6 Å². The number of benzene rings is 1. The second-order valence-electron chi connectivity index (χ2n) is 6.32. The van der Waals surface area contributed by atoms with E-state index in [0.717, 1.165) is 30.1 Å². The van der Waals surface area contributed by atoms with E-state index < -0.39 is 0 Å². The summed E-state index contributed by atoms with van der Waals surface area (Å²) in [7, 11) is 0. The molecule has 1 aromatic rings. The van der Waals surface area contributed by atoms with Crippen molar-refractivity contribution in [2.45, 2.75) is 13.8 Å². The van der Waals surface area contributed by atoms with E-state index in [2.05, 4.69) is 23.7 Å². The monoisotopic (exact) mass is 315 g/mol. The van der Waals surface area contributed by atoms with E-state index in [1.165, 1.54) is 12.1 Å². The van der Waals surface area contributed by atoms with Crippen LogP contribution in [0.5, 0.6) is 0 Å². The molecule has 0 unspecified atom stereocenters. The Morgan fingerprint density at radius 2 is 1.78 bits per heavy atom. The summed E-state index contributed by atoms with van der Waals surface area (Å²) in [4.78, 5) is 21.1. The van der Waals surface area contributed by atoms with Crippen LogP contribution in [0.25, 0.3) is 0 Å². The average molecular weight is 315 g/mol. The van der Waals surface area contributed by atoms with Gasteiger partial charge in [0.2, 0.25) is 0 Å². The van der Waals surface area contributed by atoms with Gasteiger partial charge in [0, 0.05) is 43.2 Å². The minimum atomic E-state index is -0.225. The highest BCUT2D eigenvalue weighted by Gasteiger charge is 2.25. The van der Waals surface area contributed by atoms with Gasteiger partial charge >= 0.3 is 0 Å². The molecule has 122 valence electrons. The number of nitrogens with zero attached hydrogens (tertiary/aromatic N) is 3. The molecule has 1 aromatic carbocycles. The molecule has 4 nitrogen and oxygen atoms in total. The minimum absolute atomic E-state index is 0.100. The molecule has 0 saturated carbocycles. The minimum Gasteiger partial charge on any atom is -0.368 e. The fraction of sp³-hybridized carbons (Fsp3) is 0.444. The number of carbonyl (C=O) groups is 1. The van der Waals surface area contributed by atoms with Crippen LogP contribution in [-0.2, 0) is 4.79 Å². The van der Waals surface area contributed by atoms with Crippen molar-refractivity contribution in [3.05, 3.63) is 41.7 Å². The molecule has 0 aromatic heterocycles. The lowest BCUT2D eigenvalue weighted by Crippen LogP contribution is -2.49. The zero-order valence-corrected chi connectivity index (χ0v) is 13.6. The van der Waals surface area contributed by atoms with E-state index in [1.807, 2.05) is 11.0 Å². The van der Waals surface area contributed by atoms with Crippen molar-refractivity contribution >= 4 is 17.3 Å². The third-order valence-corrected chi connectivity index (χ3v) is 4.38. The quantitative estimate of drug-likeness (QED) is 0.859. The number of halogens is 1. The Bertz CT molecular complexity index is 641. The zero-order valence-electron chi connectivity index (χ0n) is 13.6. The second-order valence-corrected chi connectivity index (χ2v) is 6.32. The van der Waals surface area contributed by atoms with E-state index in [1.54, 1.807) is 12.1 Å². The molecule has 5 heteroatoms. The first kappa shape index (κ1) is 15.7. The fourth-order valence-electron chi connectivity index (χ4n) is 2.95. The number of carbonyl (C=O) groups excluding carboxylic acids is 1. The van der Waals surface area contributed by atoms with Gasteiger partial charge in [-0.25, -0.2) is 4.39 Å². The van der Waals surface area contributed by atoms with Crippen LogP contribution in [0.15, 0.2) is 40.9 Å². The molecule has 0 atom stereocenters. The predicted octanol–water partition coefficient (Wildman–Crippen LogP) is 2.51. The molecule has 0 spiro atoms. The number of rotatable bonds is 3. The van der Waals surface area contributed by atoms with E-state index in [0.29, 0.717) is 25.6 Å². The molecule has 1 fully saturated rings. The lowest BCUT2D eigenvalue weighted by atomic mass is 10.1. The van der Waals surface area contributed by atoms with E-state index >= 15 is 0 Å². The number of aliphatic imine (C=N–C) groups is 1. The Labute approximate surface area is 136 Å². The van der Waals surface area contributed by atoms with Gasteiger partial charge in [-0.1, -0.05) is 13.8 Å². The maximum absolute atomic E-state index is 13.0. The number of allylic oxidation sites excluding steroid dienone is 1. The van der Waals surface area contributed by atoms with Gasteiger partial charge in [-0.05, 0) is 36.3 Å². The maximum atomic E-state index is 13.0. The van der Waals surface area contributed by atoms with Gasteiger partial charge in [0.1, 0.15) is 5.82 Å². The first-order valence-electron chi connectivity index (χ1n) is 8.09. The van der Waals surface area contributed by atoms with Crippen LogP contribution >= 0.6 is 0 Å². The van der Waals surface area contributed by atoms with Crippen LogP contribution in [-0.4, -0.2) is 49.2 Å². The summed E-state index contributed by atoms with van der Waals surface area (Å²) in [5.41, 5.74) is 2.81. The average Bonchev–Trinajstić information content (AvgIpc) is 3.05. The molecule has 0 bridgehead atoms.